The van der Waals surface area contributed by atoms with E-state index in [4.69, 9.17) is 0 Å². The molecule has 0 aromatic heterocycles. The number of carbonyl (C=O) groups is 1. The van der Waals surface area contributed by atoms with E-state index in [-0.39, 0.29) is 0 Å². The Bertz CT molecular complexity index is 520. The predicted molar refractivity (Wildman–Crippen MR) is 85.2 cm³/mol. The molecule has 0 bridgehead atoms. The topological polar surface area (TPSA) is 32.3 Å². The Labute approximate surface area is 127 Å². The van der Waals surface area contributed by atoms with Crippen LogP contribution in [0.25, 0.3) is 0 Å². The molecule has 0 aliphatic carbocycles. The molecule has 1 aromatic carbocycles. The van der Waals surface area contributed by atoms with Crippen LogP contribution in [0.5, 0.6) is 0 Å². The zero-order chi connectivity index (χ0) is 14.9. The molecular weight excluding hydrogens is 260 g/mol. The lowest BCUT2D eigenvalue weighted by Crippen LogP contribution is -2.40. The number of nitrogens with one attached hydrogen (secondary N) is 1. The van der Waals surface area contributed by atoms with Crippen molar-refractivity contribution in [3.05, 3.63) is 35.4 Å². The zero-order valence-corrected chi connectivity index (χ0v) is 13.2. The monoisotopic (exact) mass is 286 g/mol. The van der Waals surface area contributed by atoms with Gasteiger partial charge in [0.25, 0.3) is 0 Å². The lowest BCUT2D eigenvalue weighted by Gasteiger charge is -2.33. The maximum Gasteiger partial charge on any atom is 0.227 e. The minimum atomic E-state index is 0.298. The number of amides is 1. The average molecular weight is 286 g/mol. The third-order valence-electron chi connectivity index (χ3n) is 5.35. The van der Waals surface area contributed by atoms with Crippen molar-refractivity contribution in [3.8, 4) is 0 Å². The summed E-state index contributed by atoms with van der Waals surface area (Å²) in [5.74, 6) is 0.298. The van der Waals surface area contributed by atoms with Crippen LogP contribution in [-0.4, -0.2) is 36.5 Å². The van der Waals surface area contributed by atoms with E-state index in [9.17, 15) is 4.79 Å². The Kier molecular flexibility index (Phi) is 4.03. The molecule has 2 saturated heterocycles. The van der Waals surface area contributed by atoms with Crippen LogP contribution in [0.15, 0.2) is 24.3 Å². The molecule has 1 unspecified atom stereocenters. The molecule has 114 valence electrons. The molecule has 2 heterocycles. The van der Waals surface area contributed by atoms with E-state index in [1.807, 2.05) is 12.1 Å². The highest BCUT2D eigenvalue weighted by Gasteiger charge is 2.44. The van der Waals surface area contributed by atoms with Gasteiger partial charge in [0.15, 0.2) is 0 Å². The van der Waals surface area contributed by atoms with Crippen LogP contribution in [0.1, 0.15) is 37.3 Å². The standard InChI is InChI=1S/C18H26N2O/c1-14-5-3-4-6-16(14)11-17(21)20-13-18(12-15(20)2)7-9-19-10-8-18/h3-6,15,19H,7-13H2,1-2H3. The van der Waals surface area contributed by atoms with Crippen molar-refractivity contribution in [2.45, 2.75) is 45.6 Å². The molecule has 2 fully saturated rings. The number of benzene rings is 1. The summed E-state index contributed by atoms with van der Waals surface area (Å²) in [6, 6.07) is 8.61. The molecule has 1 aromatic rings. The van der Waals surface area contributed by atoms with Crippen LogP contribution < -0.4 is 5.32 Å². The van der Waals surface area contributed by atoms with E-state index in [1.165, 1.54) is 30.4 Å². The first-order valence-electron chi connectivity index (χ1n) is 8.14. The van der Waals surface area contributed by atoms with Gasteiger partial charge in [-0.2, -0.15) is 0 Å². The summed E-state index contributed by atoms with van der Waals surface area (Å²) >= 11 is 0. The molecule has 3 rings (SSSR count). The van der Waals surface area contributed by atoms with Gasteiger partial charge in [0.1, 0.15) is 0 Å². The van der Waals surface area contributed by atoms with Crippen molar-refractivity contribution in [2.75, 3.05) is 19.6 Å². The number of nitrogens with zero attached hydrogens (tertiary/aromatic N) is 1. The fraction of sp³-hybridized carbons (Fsp3) is 0.611. The van der Waals surface area contributed by atoms with Crippen molar-refractivity contribution >= 4 is 5.91 Å². The van der Waals surface area contributed by atoms with Crippen molar-refractivity contribution in [3.63, 3.8) is 0 Å². The van der Waals surface area contributed by atoms with Crippen LogP contribution in [0, 0.1) is 12.3 Å². The molecule has 0 saturated carbocycles. The summed E-state index contributed by atoms with van der Waals surface area (Å²) in [6.45, 7) is 7.47. The SMILES string of the molecule is Cc1ccccc1CC(=O)N1CC2(CCNCC2)CC1C. The number of rotatable bonds is 2. The van der Waals surface area contributed by atoms with Gasteiger partial charge in [-0.3, -0.25) is 4.79 Å². The van der Waals surface area contributed by atoms with Crippen LogP contribution in [0.2, 0.25) is 0 Å². The summed E-state index contributed by atoms with van der Waals surface area (Å²) < 4.78 is 0. The summed E-state index contributed by atoms with van der Waals surface area (Å²) in [5, 5.41) is 3.44. The second-order valence-corrected chi connectivity index (χ2v) is 6.93. The molecule has 2 aliphatic heterocycles. The predicted octanol–water partition coefficient (Wildman–Crippen LogP) is 2.53. The van der Waals surface area contributed by atoms with E-state index >= 15 is 0 Å². The van der Waals surface area contributed by atoms with Gasteiger partial charge in [-0.15, -0.1) is 0 Å². The van der Waals surface area contributed by atoms with Crippen molar-refractivity contribution in [2.24, 2.45) is 5.41 Å². The average Bonchev–Trinajstić information content (AvgIpc) is 2.78. The second-order valence-electron chi connectivity index (χ2n) is 6.93. The first-order chi connectivity index (χ1) is 10.1. The molecule has 0 radical (unpaired) electrons. The maximum absolute atomic E-state index is 12.7. The normalized spacial score (nSPS) is 24.5. The molecule has 1 spiro atoms. The van der Waals surface area contributed by atoms with Crippen LogP contribution in [0.3, 0.4) is 0 Å². The number of hydrogen-bond acceptors (Lipinski definition) is 2. The third-order valence-corrected chi connectivity index (χ3v) is 5.35. The first kappa shape index (κ1) is 14.6. The summed E-state index contributed by atoms with van der Waals surface area (Å²) in [7, 11) is 0. The number of carbonyl (C=O) groups excluding carboxylic acids is 1. The summed E-state index contributed by atoms with van der Waals surface area (Å²) in [4.78, 5) is 14.9. The maximum atomic E-state index is 12.7. The molecule has 21 heavy (non-hydrogen) atoms. The van der Waals surface area contributed by atoms with Gasteiger partial charge in [0, 0.05) is 12.6 Å². The smallest absolute Gasteiger partial charge is 0.227 e. The molecule has 2 aliphatic rings. The quantitative estimate of drug-likeness (QED) is 0.906. The molecular formula is C18H26N2O. The van der Waals surface area contributed by atoms with Crippen LogP contribution >= 0.6 is 0 Å². The number of hydrogen-bond donors (Lipinski definition) is 1. The van der Waals surface area contributed by atoms with Crippen molar-refractivity contribution < 1.29 is 4.79 Å². The van der Waals surface area contributed by atoms with E-state index in [1.54, 1.807) is 0 Å². The first-order valence-corrected chi connectivity index (χ1v) is 8.14. The number of piperidine rings is 1. The Hall–Kier alpha value is -1.35. The minimum Gasteiger partial charge on any atom is -0.339 e. The van der Waals surface area contributed by atoms with E-state index in [0.29, 0.717) is 23.8 Å². The highest BCUT2D eigenvalue weighted by atomic mass is 16.2. The van der Waals surface area contributed by atoms with Crippen molar-refractivity contribution in [1.82, 2.24) is 10.2 Å². The highest BCUT2D eigenvalue weighted by molar-refractivity contribution is 5.79. The zero-order valence-electron chi connectivity index (χ0n) is 13.2. The fourth-order valence-electron chi connectivity index (χ4n) is 4.04. The second kappa shape index (κ2) is 5.80. The van der Waals surface area contributed by atoms with Gasteiger partial charge >= 0.3 is 0 Å². The molecule has 1 N–H and O–H groups in total. The Balaban J connectivity index is 1.69. The van der Waals surface area contributed by atoms with Gasteiger partial charge < -0.3 is 10.2 Å². The Morgan fingerprint density at radius 2 is 2.05 bits per heavy atom. The molecule has 1 amide bonds. The minimum absolute atomic E-state index is 0.298. The van der Waals surface area contributed by atoms with E-state index in [0.717, 1.165) is 19.6 Å². The van der Waals surface area contributed by atoms with Crippen LogP contribution in [-0.2, 0) is 11.2 Å². The molecule has 3 heteroatoms. The van der Waals surface area contributed by atoms with E-state index < -0.39 is 0 Å². The van der Waals surface area contributed by atoms with Crippen LogP contribution in [0.4, 0.5) is 0 Å². The number of likely N-dealkylation sites (tertiary alicyclic amines) is 1. The summed E-state index contributed by atoms with van der Waals surface area (Å²) in [5.41, 5.74) is 2.77. The molecule has 1 atom stereocenters. The molecule has 3 nitrogen and oxygen atoms in total. The Morgan fingerprint density at radius 1 is 1.33 bits per heavy atom. The fourth-order valence-corrected chi connectivity index (χ4v) is 4.04. The van der Waals surface area contributed by atoms with Gasteiger partial charge in [-0.1, -0.05) is 24.3 Å². The highest BCUT2D eigenvalue weighted by Crippen LogP contribution is 2.41. The largest absolute Gasteiger partial charge is 0.339 e. The number of aryl methyl sites for hydroxylation is 1. The van der Waals surface area contributed by atoms with E-state index in [2.05, 4.69) is 36.2 Å². The summed E-state index contributed by atoms with van der Waals surface area (Å²) in [6.07, 6.45) is 4.15. The van der Waals surface area contributed by atoms with Gasteiger partial charge in [0.2, 0.25) is 5.91 Å². The Morgan fingerprint density at radius 3 is 2.76 bits per heavy atom. The third kappa shape index (κ3) is 2.98. The van der Waals surface area contributed by atoms with Crippen molar-refractivity contribution in [1.29, 1.82) is 0 Å². The lowest BCUT2D eigenvalue weighted by molar-refractivity contribution is -0.131. The van der Waals surface area contributed by atoms with Gasteiger partial charge in [-0.25, -0.2) is 0 Å². The van der Waals surface area contributed by atoms with Gasteiger partial charge in [0.05, 0.1) is 6.42 Å². The lowest BCUT2D eigenvalue weighted by atomic mass is 9.77. The van der Waals surface area contributed by atoms with Gasteiger partial charge in [-0.05, 0) is 62.7 Å².